The molecule has 0 fully saturated rings. The smallest absolute Gasteiger partial charge is 0.193 e. The van der Waals surface area contributed by atoms with E-state index in [-0.39, 0.29) is 24.0 Å². The van der Waals surface area contributed by atoms with Crippen LogP contribution in [0.2, 0.25) is 5.02 Å². The summed E-state index contributed by atoms with van der Waals surface area (Å²) in [5.41, 5.74) is 10.6. The maximum Gasteiger partial charge on any atom is 0.193 e. The van der Waals surface area contributed by atoms with Crippen molar-refractivity contribution in [3.63, 3.8) is 0 Å². The lowest BCUT2D eigenvalue weighted by molar-refractivity contribution is 0.965. The molecule has 0 aromatic heterocycles. The highest BCUT2D eigenvalue weighted by molar-refractivity contribution is 14.0. The highest BCUT2D eigenvalue weighted by Crippen LogP contribution is 2.14. The summed E-state index contributed by atoms with van der Waals surface area (Å²) in [4.78, 5) is 4.34. The standard InChI is InChI=1S/C17H20ClN3.HI/c1-12-3-8-16(11-13(12)2)21-17(19)20-10-9-14-4-6-15(18)7-5-14;/h3-8,11H,9-10H2,1-2H3,(H3,19,20,21);1H. The number of benzene rings is 2. The maximum atomic E-state index is 5.90. The molecule has 5 heteroatoms. The van der Waals surface area contributed by atoms with Gasteiger partial charge in [-0.2, -0.15) is 0 Å². The average Bonchev–Trinajstić information content (AvgIpc) is 2.45. The van der Waals surface area contributed by atoms with Crippen LogP contribution in [0, 0.1) is 13.8 Å². The summed E-state index contributed by atoms with van der Waals surface area (Å²) in [6, 6.07) is 13.9. The summed E-state index contributed by atoms with van der Waals surface area (Å²) in [6.45, 7) is 4.81. The van der Waals surface area contributed by atoms with Crippen molar-refractivity contribution in [1.29, 1.82) is 0 Å². The lowest BCUT2D eigenvalue weighted by Gasteiger charge is -2.08. The molecule has 2 aromatic rings. The zero-order valence-corrected chi connectivity index (χ0v) is 15.9. The van der Waals surface area contributed by atoms with Crippen LogP contribution in [0.15, 0.2) is 47.5 Å². The van der Waals surface area contributed by atoms with Crippen molar-refractivity contribution in [3.05, 3.63) is 64.2 Å². The number of hydrogen-bond acceptors (Lipinski definition) is 1. The molecule has 0 aliphatic rings. The molecule has 0 saturated carbocycles. The van der Waals surface area contributed by atoms with Crippen molar-refractivity contribution in [2.24, 2.45) is 10.7 Å². The van der Waals surface area contributed by atoms with Gasteiger partial charge in [-0.05, 0) is 61.2 Å². The molecule has 118 valence electrons. The first kappa shape index (κ1) is 18.8. The Balaban J connectivity index is 0.00000242. The molecule has 2 rings (SSSR count). The number of aryl methyl sites for hydroxylation is 2. The van der Waals surface area contributed by atoms with E-state index in [1.54, 1.807) is 0 Å². The molecule has 0 bridgehead atoms. The highest BCUT2D eigenvalue weighted by atomic mass is 127. The zero-order valence-electron chi connectivity index (χ0n) is 12.8. The van der Waals surface area contributed by atoms with E-state index >= 15 is 0 Å². The zero-order chi connectivity index (χ0) is 15.2. The number of nitrogens with one attached hydrogen (secondary N) is 1. The second-order valence-corrected chi connectivity index (χ2v) is 5.50. The molecule has 3 nitrogen and oxygen atoms in total. The molecular formula is C17H21ClIN3. The molecule has 0 aliphatic carbocycles. The Morgan fingerprint density at radius 1 is 1.09 bits per heavy atom. The van der Waals surface area contributed by atoms with E-state index < -0.39 is 0 Å². The van der Waals surface area contributed by atoms with E-state index in [0.717, 1.165) is 17.1 Å². The van der Waals surface area contributed by atoms with Crippen LogP contribution in [0.1, 0.15) is 16.7 Å². The van der Waals surface area contributed by atoms with Crippen LogP contribution in [-0.2, 0) is 6.42 Å². The first-order chi connectivity index (χ1) is 10.0. The average molecular weight is 430 g/mol. The predicted octanol–water partition coefficient (Wildman–Crippen LogP) is 4.54. The SMILES string of the molecule is Cc1ccc(NC(N)=NCCc2ccc(Cl)cc2)cc1C.I. The van der Waals surface area contributed by atoms with Crippen LogP contribution < -0.4 is 11.1 Å². The molecule has 0 aliphatic heterocycles. The number of hydrogen-bond donors (Lipinski definition) is 2. The molecule has 0 atom stereocenters. The van der Waals surface area contributed by atoms with Crippen LogP contribution in [-0.4, -0.2) is 12.5 Å². The Bertz CT molecular complexity index is 639. The first-order valence-electron chi connectivity index (χ1n) is 6.93. The third-order valence-electron chi connectivity index (χ3n) is 3.38. The monoisotopic (exact) mass is 429 g/mol. The van der Waals surface area contributed by atoms with Crippen molar-refractivity contribution in [3.8, 4) is 0 Å². The first-order valence-corrected chi connectivity index (χ1v) is 7.31. The van der Waals surface area contributed by atoms with E-state index in [0.29, 0.717) is 12.5 Å². The normalized spacial score (nSPS) is 11.0. The van der Waals surface area contributed by atoms with Gasteiger partial charge in [-0.3, -0.25) is 4.99 Å². The summed E-state index contributed by atoms with van der Waals surface area (Å²) in [7, 11) is 0. The summed E-state index contributed by atoms with van der Waals surface area (Å²) < 4.78 is 0. The van der Waals surface area contributed by atoms with Crippen LogP contribution >= 0.6 is 35.6 Å². The van der Waals surface area contributed by atoms with Crippen LogP contribution in [0.5, 0.6) is 0 Å². The number of anilines is 1. The molecule has 0 saturated heterocycles. The Kier molecular flexibility index (Phi) is 7.68. The van der Waals surface area contributed by atoms with E-state index in [4.69, 9.17) is 17.3 Å². The minimum Gasteiger partial charge on any atom is -0.370 e. The molecule has 3 N–H and O–H groups in total. The van der Waals surface area contributed by atoms with Gasteiger partial charge < -0.3 is 11.1 Å². The van der Waals surface area contributed by atoms with E-state index in [9.17, 15) is 0 Å². The van der Waals surface area contributed by atoms with Crippen LogP contribution in [0.25, 0.3) is 0 Å². The fourth-order valence-electron chi connectivity index (χ4n) is 1.96. The summed E-state index contributed by atoms with van der Waals surface area (Å²) in [5.74, 6) is 0.437. The van der Waals surface area contributed by atoms with Crippen molar-refractivity contribution in [1.82, 2.24) is 0 Å². The minimum absolute atomic E-state index is 0. The molecule has 0 radical (unpaired) electrons. The molecule has 22 heavy (non-hydrogen) atoms. The Labute approximate surface area is 154 Å². The number of nitrogens with two attached hydrogens (primary N) is 1. The third-order valence-corrected chi connectivity index (χ3v) is 3.63. The highest BCUT2D eigenvalue weighted by Gasteiger charge is 1.98. The van der Waals surface area contributed by atoms with Gasteiger partial charge in [-0.15, -0.1) is 24.0 Å². The Morgan fingerprint density at radius 2 is 1.77 bits per heavy atom. The van der Waals surface area contributed by atoms with Gasteiger partial charge in [0, 0.05) is 17.3 Å². The van der Waals surface area contributed by atoms with Gasteiger partial charge in [0.2, 0.25) is 0 Å². The summed E-state index contributed by atoms with van der Waals surface area (Å²) in [6.07, 6.45) is 0.840. The largest absolute Gasteiger partial charge is 0.370 e. The van der Waals surface area contributed by atoms with E-state index in [1.807, 2.05) is 30.3 Å². The molecule has 0 spiro atoms. The minimum atomic E-state index is 0. The fourth-order valence-corrected chi connectivity index (χ4v) is 2.09. The topological polar surface area (TPSA) is 50.4 Å². The summed E-state index contributed by atoms with van der Waals surface area (Å²) >= 11 is 5.85. The predicted molar refractivity (Wildman–Crippen MR) is 107 cm³/mol. The van der Waals surface area contributed by atoms with Crippen molar-refractivity contribution < 1.29 is 0 Å². The summed E-state index contributed by atoms with van der Waals surface area (Å²) in [5, 5.41) is 3.86. The number of rotatable bonds is 4. The quantitative estimate of drug-likeness (QED) is 0.426. The Hall–Kier alpha value is -1.27. The van der Waals surface area contributed by atoms with Gasteiger partial charge in [0.05, 0.1) is 0 Å². The second kappa shape index (κ2) is 9.00. The van der Waals surface area contributed by atoms with Crippen molar-refractivity contribution in [2.45, 2.75) is 20.3 Å². The van der Waals surface area contributed by atoms with E-state index in [2.05, 4.69) is 36.3 Å². The molecular weight excluding hydrogens is 409 g/mol. The van der Waals surface area contributed by atoms with Crippen LogP contribution in [0.3, 0.4) is 0 Å². The number of aliphatic imine (C=N–C) groups is 1. The molecule has 2 aromatic carbocycles. The molecule has 0 unspecified atom stereocenters. The third kappa shape index (κ3) is 5.85. The van der Waals surface area contributed by atoms with Gasteiger partial charge in [0.25, 0.3) is 0 Å². The lowest BCUT2D eigenvalue weighted by Crippen LogP contribution is -2.23. The van der Waals surface area contributed by atoms with Crippen molar-refractivity contribution in [2.75, 3.05) is 11.9 Å². The van der Waals surface area contributed by atoms with Gasteiger partial charge in [-0.1, -0.05) is 29.8 Å². The van der Waals surface area contributed by atoms with Gasteiger partial charge in [0.15, 0.2) is 5.96 Å². The molecule has 0 heterocycles. The number of halogens is 2. The van der Waals surface area contributed by atoms with E-state index in [1.165, 1.54) is 16.7 Å². The number of guanidine groups is 1. The number of nitrogens with zero attached hydrogens (tertiary/aromatic N) is 1. The van der Waals surface area contributed by atoms with Crippen LogP contribution in [0.4, 0.5) is 5.69 Å². The molecule has 0 amide bonds. The van der Waals surface area contributed by atoms with Gasteiger partial charge in [0.1, 0.15) is 0 Å². The van der Waals surface area contributed by atoms with Gasteiger partial charge in [-0.25, -0.2) is 0 Å². The maximum absolute atomic E-state index is 5.90. The lowest BCUT2D eigenvalue weighted by atomic mass is 10.1. The van der Waals surface area contributed by atoms with Crippen molar-refractivity contribution >= 4 is 47.2 Å². The Morgan fingerprint density at radius 3 is 2.41 bits per heavy atom. The fraction of sp³-hybridized carbons (Fsp3) is 0.235. The second-order valence-electron chi connectivity index (χ2n) is 5.07. The van der Waals surface area contributed by atoms with Gasteiger partial charge >= 0.3 is 0 Å².